The summed E-state index contributed by atoms with van der Waals surface area (Å²) in [7, 11) is -0.646. The van der Waals surface area contributed by atoms with Gasteiger partial charge in [-0.05, 0) is 12.3 Å². The molecule has 0 N–H and O–H groups in total. The van der Waals surface area contributed by atoms with Crippen molar-refractivity contribution in [3.63, 3.8) is 0 Å². The molecule has 0 amide bonds. The number of hydrogen-bond acceptors (Lipinski definition) is 1. The molecular formula is C6H13ClOS. The van der Waals surface area contributed by atoms with E-state index < -0.39 is 10.8 Å². The van der Waals surface area contributed by atoms with Crippen molar-refractivity contribution in [2.24, 2.45) is 5.92 Å². The maximum atomic E-state index is 10.5. The molecule has 0 aromatic heterocycles. The fourth-order valence-corrected chi connectivity index (χ4v) is 1.33. The molecule has 0 aliphatic rings. The highest BCUT2D eigenvalue weighted by atomic mass is 35.5. The smallest absolute Gasteiger partial charge is 0.0249 e. The van der Waals surface area contributed by atoms with Crippen molar-refractivity contribution in [3.8, 4) is 0 Å². The Hall–Kier alpha value is 0.440. The monoisotopic (exact) mass is 168 g/mol. The Bertz CT molecular complexity index is 95.1. The minimum atomic E-state index is -0.646. The maximum absolute atomic E-state index is 10.5. The van der Waals surface area contributed by atoms with Gasteiger partial charge in [-0.15, -0.1) is 11.6 Å². The fraction of sp³-hybridized carbons (Fsp3) is 1.00. The summed E-state index contributed by atoms with van der Waals surface area (Å²) in [5.41, 5.74) is 0. The molecular weight excluding hydrogens is 156 g/mol. The fourth-order valence-electron chi connectivity index (χ4n) is 0.444. The van der Waals surface area contributed by atoms with E-state index in [1.54, 1.807) is 6.26 Å². The summed E-state index contributed by atoms with van der Waals surface area (Å²) >= 11 is 5.54. The maximum Gasteiger partial charge on any atom is 0.0249 e. The van der Waals surface area contributed by atoms with E-state index in [0.29, 0.717) is 11.8 Å². The molecule has 0 aliphatic carbocycles. The lowest BCUT2D eigenvalue weighted by molar-refractivity contribution is 0.626. The van der Waals surface area contributed by atoms with Crippen LogP contribution in [-0.4, -0.2) is 22.1 Å². The highest BCUT2D eigenvalue weighted by Gasteiger charge is 1.99. The van der Waals surface area contributed by atoms with Gasteiger partial charge in [0, 0.05) is 28.7 Å². The van der Waals surface area contributed by atoms with Gasteiger partial charge in [-0.3, -0.25) is 4.21 Å². The molecule has 2 atom stereocenters. The lowest BCUT2D eigenvalue weighted by Gasteiger charge is -2.03. The second kappa shape index (κ2) is 5.24. The van der Waals surface area contributed by atoms with Gasteiger partial charge in [-0.1, -0.05) is 6.92 Å². The van der Waals surface area contributed by atoms with E-state index in [0.717, 1.165) is 12.2 Å². The molecule has 9 heavy (non-hydrogen) atoms. The standard InChI is InChI=1S/C6H13ClOS/c1-6(5-7)3-4-9(2)8/h6H,3-5H2,1-2H3. The minimum absolute atomic E-state index is 0.510. The summed E-state index contributed by atoms with van der Waals surface area (Å²) in [5, 5.41) is 0. The zero-order valence-corrected chi connectivity index (χ0v) is 7.47. The van der Waals surface area contributed by atoms with Crippen molar-refractivity contribution in [2.75, 3.05) is 17.9 Å². The Labute approximate surface area is 64.2 Å². The molecule has 0 spiro atoms. The zero-order chi connectivity index (χ0) is 7.28. The molecule has 0 rings (SSSR count). The number of alkyl halides is 1. The molecule has 0 aliphatic heterocycles. The van der Waals surface area contributed by atoms with Crippen LogP contribution >= 0.6 is 11.6 Å². The first-order valence-electron chi connectivity index (χ1n) is 3.02. The summed E-state index contributed by atoms with van der Waals surface area (Å²) < 4.78 is 10.5. The molecule has 56 valence electrons. The molecule has 0 aromatic carbocycles. The molecule has 0 bridgehead atoms. The highest BCUT2D eigenvalue weighted by molar-refractivity contribution is 7.84. The van der Waals surface area contributed by atoms with Crippen LogP contribution in [0, 0.1) is 5.92 Å². The first-order valence-corrected chi connectivity index (χ1v) is 5.29. The van der Waals surface area contributed by atoms with Gasteiger partial charge in [0.2, 0.25) is 0 Å². The summed E-state index contributed by atoms with van der Waals surface area (Å²) in [4.78, 5) is 0. The van der Waals surface area contributed by atoms with Gasteiger partial charge in [-0.2, -0.15) is 0 Å². The van der Waals surface area contributed by atoms with Gasteiger partial charge < -0.3 is 0 Å². The van der Waals surface area contributed by atoms with Crippen LogP contribution in [0.4, 0.5) is 0 Å². The topological polar surface area (TPSA) is 17.1 Å². The molecule has 1 nitrogen and oxygen atoms in total. The molecule has 0 fully saturated rings. The summed E-state index contributed by atoms with van der Waals surface area (Å²) in [6.07, 6.45) is 2.70. The zero-order valence-electron chi connectivity index (χ0n) is 5.89. The van der Waals surface area contributed by atoms with Crippen molar-refractivity contribution >= 4 is 22.4 Å². The number of rotatable bonds is 4. The third-order valence-electron chi connectivity index (χ3n) is 1.16. The summed E-state index contributed by atoms with van der Waals surface area (Å²) in [6, 6.07) is 0. The van der Waals surface area contributed by atoms with E-state index in [1.807, 2.05) is 0 Å². The van der Waals surface area contributed by atoms with Crippen LogP contribution in [0.1, 0.15) is 13.3 Å². The molecule has 2 unspecified atom stereocenters. The highest BCUT2D eigenvalue weighted by Crippen LogP contribution is 2.03. The Morgan fingerprint density at radius 2 is 2.22 bits per heavy atom. The first-order chi connectivity index (χ1) is 4.16. The molecule has 0 aromatic rings. The van der Waals surface area contributed by atoms with Crippen molar-refractivity contribution in [2.45, 2.75) is 13.3 Å². The van der Waals surface area contributed by atoms with Gasteiger partial charge in [0.15, 0.2) is 0 Å². The molecule has 0 radical (unpaired) electrons. The van der Waals surface area contributed by atoms with Crippen LogP contribution in [0.3, 0.4) is 0 Å². The Kier molecular flexibility index (Phi) is 5.50. The first kappa shape index (κ1) is 9.44. The average Bonchev–Trinajstić information content (AvgIpc) is 1.83. The average molecular weight is 169 g/mol. The molecule has 0 heterocycles. The van der Waals surface area contributed by atoms with Gasteiger partial charge in [0.1, 0.15) is 0 Å². The Morgan fingerprint density at radius 1 is 1.67 bits per heavy atom. The molecule has 3 heteroatoms. The Balaban J connectivity index is 3.16. The van der Waals surface area contributed by atoms with E-state index >= 15 is 0 Å². The van der Waals surface area contributed by atoms with Crippen LogP contribution in [0.25, 0.3) is 0 Å². The quantitative estimate of drug-likeness (QED) is 0.584. The van der Waals surface area contributed by atoms with E-state index in [2.05, 4.69) is 6.92 Å². The van der Waals surface area contributed by atoms with Crippen LogP contribution in [0.2, 0.25) is 0 Å². The van der Waals surface area contributed by atoms with Crippen LogP contribution in [0.15, 0.2) is 0 Å². The van der Waals surface area contributed by atoms with Crippen molar-refractivity contribution in [1.29, 1.82) is 0 Å². The molecule has 0 saturated carbocycles. The second-order valence-electron chi connectivity index (χ2n) is 2.33. The summed E-state index contributed by atoms with van der Waals surface area (Å²) in [5.74, 6) is 1.97. The molecule has 0 saturated heterocycles. The largest absolute Gasteiger partial charge is 0.260 e. The van der Waals surface area contributed by atoms with Gasteiger partial charge in [-0.25, -0.2) is 0 Å². The van der Waals surface area contributed by atoms with E-state index in [9.17, 15) is 4.21 Å². The van der Waals surface area contributed by atoms with E-state index in [1.165, 1.54) is 0 Å². The van der Waals surface area contributed by atoms with E-state index in [4.69, 9.17) is 11.6 Å². The predicted molar refractivity (Wildman–Crippen MR) is 43.4 cm³/mol. The van der Waals surface area contributed by atoms with Crippen molar-refractivity contribution in [1.82, 2.24) is 0 Å². The van der Waals surface area contributed by atoms with E-state index in [-0.39, 0.29) is 0 Å². The van der Waals surface area contributed by atoms with Gasteiger partial charge in [0.05, 0.1) is 0 Å². The minimum Gasteiger partial charge on any atom is -0.260 e. The van der Waals surface area contributed by atoms with Crippen LogP contribution in [-0.2, 0) is 10.8 Å². The third-order valence-corrected chi connectivity index (χ3v) is 2.50. The van der Waals surface area contributed by atoms with Crippen molar-refractivity contribution in [3.05, 3.63) is 0 Å². The predicted octanol–water partition coefficient (Wildman–Crippen LogP) is 1.63. The normalized spacial score (nSPS) is 17.2. The lowest BCUT2D eigenvalue weighted by atomic mass is 10.2. The Morgan fingerprint density at radius 3 is 2.56 bits per heavy atom. The number of halogens is 1. The van der Waals surface area contributed by atoms with Crippen LogP contribution < -0.4 is 0 Å². The SMILES string of the molecule is CC(CCl)CCS(C)=O. The van der Waals surface area contributed by atoms with Gasteiger partial charge >= 0.3 is 0 Å². The van der Waals surface area contributed by atoms with Gasteiger partial charge in [0.25, 0.3) is 0 Å². The number of hydrogen-bond donors (Lipinski definition) is 0. The summed E-state index contributed by atoms with van der Waals surface area (Å²) in [6.45, 7) is 2.07. The van der Waals surface area contributed by atoms with Crippen molar-refractivity contribution < 1.29 is 4.21 Å². The lowest BCUT2D eigenvalue weighted by Crippen LogP contribution is -2.02. The second-order valence-corrected chi connectivity index (χ2v) is 4.19. The third kappa shape index (κ3) is 6.32. The van der Waals surface area contributed by atoms with Crippen LogP contribution in [0.5, 0.6) is 0 Å².